The van der Waals surface area contributed by atoms with Crippen LogP contribution in [0.2, 0.25) is 5.02 Å². The van der Waals surface area contributed by atoms with Crippen LogP contribution in [-0.2, 0) is 4.79 Å². The summed E-state index contributed by atoms with van der Waals surface area (Å²) in [6.45, 7) is 4.23. The maximum atomic E-state index is 11.9. The summed E-state index contributed by atoms with van der Waals surface area (Å²) in [5.41, 5.74) is 1.15. The largest absolute Gasteiger partial charge is 0.425 e. The molecule has 0 aliphatic heterocycles. The van der Waals surface area contributed by atoms with E-state index in [-0.39, 0.29) is 5.97 Å². The quantitative estimate of drug-likeness (QED) is 0.466. The number of halogens is 1. The van der Waals surface area contributed by atoms with Gasteiger partial charge in [0.15, 0.2) is 0 Å². The van der Waals surface area contributed by atoms with E-state index in [1.807, 2.05) is 12.1 Å². The zero-order valence-electron chi connectivity index (χ0n) is 13.7. The van der Waals surface area contributed by atoms with E-state index < -0.39 is 0 Å². The SMILES string of the molecule is CC(C)c1ccc(OC(=O)CCCC2CCCCC2)c(Cl)c1. The predicted octanol–water partition coefficient (Wildman–Crippen LogP) is 6.12. The molecule has 1 aliphatic rings. The van der Waals surface area contributed by atoms with Gasteiger partial charge in [-0.1, -0.05) is 63.6 Å². The summed E-state index contributed by atoms with van der Waals surface area (Å²) in [4.78, 5) is 11.9. The lowest BCUT2D eigenvalue weighted by Gasteiger charge is -2.21. The number of rotatable bonds is 6. The van der Waals surface area contributed by atoms with Crippen molar-refractivity contribution in [1.29, 1.82) is 0 Å². The second kappa shape index (κ2) is 8.57. The Morgan fingerprint density at radius 2 is 2.00 bits per heavy atom. The van der Waals surface area contributed by atoms with Crippen LogP contribution in [0.3, 0.4) is 0 Å². The summed E-state index contributed by atoms with van der Waals surface area (Å²) in [6.07, 6.45) is 9.30. The minimum atomic E-state index is -0.171. The number of hydrogen-bond acceptors (Lipinski definition) is 2. The second-order valence-corrected chi connectivity index (χ2v) is 7.12. The Morgan fingerprint density at radius 3 is 2.64 bits per heavy atom. The fraction of sp³-hybridized carbons (Fsp3) is 0.632. The predicted molar refractivity (Wildman–Crippen MR) is 91.6 cm³/mol. The van der Waals surface area contributed by atoms with Gasteiger partial charge >= 0.3 is 5.97 Å². The van der Waals surface area contributed by atoms with E-state index in [1.54, 1.807) is 6.07 Å². The molecule has 2 nitrogen and oxygen atoms in total. The van der Waals surface area contributed by atoms with E-state index in [4.69, 9.17) is 16.3 Å². The van der Waals surface area contributed by atoms with Crippen LogP contribution in [0.4, 0.5) is 0 Å². The molecular weight excluding hydrogens is 296 g/mol. The van der Waals surface area contributed by atoms with Gasteiger partial charge in [-0.2, -0.15) is 0 Å². The molecule has 0 unspecified atom stereocenters. The molecule has 0 N–H and O–H groups in total. The lowest BCUT2D eigenvalue weighted by atomic mass is 9.86. The Hall–Kier alpha value is -1.02. The number of carbonyl (C=O) groups excluding carboxylic acids is 1. The molecule has 0 atom stereocenters. The van der Waals surface area contributed by atoms with E-state index in [9.17, 15) is 4.79 Å². The van der Waals surface area contributed by atoms with E-state index in [1.165, 1.54) is 32.1 Å². The molecule has 0 radical (unpaired) electrons. The van der Waals surface area contributed by atoms with Gasteiger partial charge in [-0.25, -0.2) is 0 Å². The minimum Gasteiger partial charge on any atom is -0.425 e. The van der Waals surface area contributed by atoms with Crippen LogP contribution < -0.4 is 4.74 Å². The molecule has 0 saturated heterocycles. The number of hydrogen-bond donors (Lipinski definition) is 0. The summed E-state index contributed by atoms with van der Waals surface area (Å²) in [5, 5.41) is 0.520. The van der Waals surface area contributed by atoms with Crippen molar-refractivity contribution in [2.24, 2.45) is 5.92 Å². The molecule has 0 aromatic heterocycles. The minimum absolute atomic E-state index is 0.171. The Labute approximate surface area is 139 Å². The maximum Gasteiger partial charge on any atom is 0.311 e. The number of benzene rings is 1. The topological polar surface area (TPSA) is 26.3 Å². The highest BCUT2D eigenvalue weighted by Gasteiger charge is 2.15. The highest BCUT2D eigenvalue weighted by molar-refractivity contribution is 6.32. The summed E-state index contributed by atoms with van der Waals surface area (Å²) >= 11 is 6.20. The smallest absolute Gasteiger partial charge is 0.311 e. The molecule has 3 heteroatoms. The monoisotopic (exact) mass is 322 g/mol. The third-order valence-corrected chi connectivity index (χ3v) is 4.86. The molecule has 0 bridgehead atoms. The van der Waals surface area contributed by atoms with Crippen LogP contribution in [0.5, 0.6) is 5.75 Å². The van der Waals surface area contributed by atoms with Gasteiger partial charge in [-0.15, -0.1) is 0 Å². The van der Waals surface area contributed by atoms with Gasteiger partial charge in [0.05, 0.1) is 5.02 Å². The van der Waals surface area contributed by atoms with Crippen LogP contribution in [0.1, 0.15) is 76.7 Å². The fourth-order valence-corrected chi connectivity index (χ4v) is 3.37. The molecule has 0 heterocycles. The lowest BCUT2D eigenvalue weighted by Crippen LogP contribution is -2.11. The molecule has 0 spiro atoms. The standard InChI is InChI=1S/C19H27ClO2/c1-14(2)16-11-12-18(17(20)13-16)22-19(21)10-6-9-15-7-4-3-5-8-15/h11-15H,3-10H2,1-2H3. The first-order valence-corrected chi connectivity index (χ1v) is 8.94. The first-order valence-electron chi connectivity index (χ1n) is 8.56. The normalized spacial score (nSPS) is 16.0. The van der Waals surface area contributed by atoms with Crippen LogP contribution in [-0.4, -0.2) is 5.97 Å². The second-order valence-electron chi connectivity index (χ2n) is 6.71. The van der Waals surface area contributed by atoms with E-state index in [0.717, 1.165) is 24.3 Å². The third kappa shape index (κ3) is 5.31. The Balaban J connectivity index is 1.76. The number of carbonyl (C=O) groups is 1. The molecule has 1 fully saturated rings. The average molecular weight is 323 g/mol. The van der Waals surface area contributed by atoms with Gasteiger partial charge in [0, 0.05) is 6.42 Å². The van der Waals surface area contributed by atoms with Gasteiger partial charge < -0.3 is 4.74 Å². The van der Waals surface area contributed by atoms with Crippen LogP contribution in [0, 0.1) is 5.92 Å². The first kappa shape index (κ1) is 17.3. The van der Waals surface area contributed by atoms with Crippen molar-refractivity contribution in [1.82, 2.24) is 0 Å². The lowest BCUT2D eigenvalue weighted by molar-refractivity contribution is -0.134. The van der Waals surface area contributed by atoms with E-state index in [2.05, 4.69) is 13.8 Å². The zero-order chi connectivity index (χ0) is 15.9. The molecule has 2 rings (SSSR count). The highest BCUT2D eigenvalue weighted by atomic mass is 35.5. The molecule has 22 heavy (non-hydrogen) atoms. The summed E-state index contributed by atoms with van der Waals surface area (Å²) in [7, 11) is 0. The number of esters is 1. The molecule has 122 valence electrons. The number of ether oxygens (including phenoxy) is 1. The van der Waals surface area contributed by atoms with Gasteiger partial charge in [0.25, 0.3) is 0 Å². The molecular formula is C19H27ClO2. The van der Waals surface area contributed by atoms with Crippen molar-refractivity contribution < 1.29 is 9.53 Å². The highest BCUT2D eigenvalue weighted by Crippen LogP contribution is 2.30. The summed E-state index contributed by atoms with van der Waals surface area (Å²) in [5.74, 6) is 1.54. The first-order chi connectivity index (χ1) is 10.6. The van der Waals surface area contributed by atoms with Crippen molar-refractivity contribution in [2.75, 3.05) is 0 Å². The maximum absolute atomic E-state index is 11.9. The Kier molecular flexibility index (Phi) is 6.75. The van der Waals surface area contributed by atoms with Crippen molar-refractivity contribution in [2.45, 2.75) is 71.1 Å². The van der Waals surface area contributed by atoms with Crippen molar-refractivity contribution >= 4 is 17.6 Å². The third-order valence-electron chi connectivity index (χ3n) is 4.56. The molecule has 1 aromatic carbocycles. The zero-order valence-corrected chi connectivity index (χ0v) is 14.5. The molecule has 1 aliphatic carbocycles. The van der Waals surface area contributed by atoms with Gasteiger partial charge in [0.1, 0.15) is 5.75 Å². The van der Waals surface area contributed by atoms with Crippen molar-refractivity contribution in [3.8, 4) is 5.75 Å². The van der Waals surface area contributed by atoms with Crippen molar-refractivity contribution in [3.63, 3.8) is 0 Å². The van der Waals surface area contributed by atoms with Crippen LogP contribution in [0.25, 0.3) is 0 Å². The Morgan fingerprint density at radius 1 is 1.27 bits per heavy atom. The molecule has 1 aromatic rings. The fourth-order valence-electron chi connectivity index (χ4n) is 3.14. The van der Waals surface area contributed by atoms with E-state index >= 15 is 0 Å². The average Bonchev–Trinajstić information content (AvgIpc) is 2.50. The van der Waals surface area contributed by atoms with Crippen molar-refractivity contribution in [3.05, 3.63) is 28.8 Å². The molecule has 0 amide bonds. The van der Waals surface area contributed by atoms with Gasteiger partial charge in [-0.05, 0) is 42.4 Å². The van der Waals surface area contributed by atoms with E-state index in [0.29, 0.717) is 23.1 Å². The summed E-state index contributed by atoms with van der Waals surface area (Å²) < 4.78 is 5.40. The Bertz CT molecular complexity index is 490. The van der Waals surface area contributed by atoms with Gasteiger partial charge in [-0.3, -0.25) is 4.79 Å². The molecule has 1 saturated carbocycles. The van der Waals surface area contributed by atoms with Crippen LogP contribution in [0.15, 0.2) is 18.2 Å². The summed E-state index contributed by atoms with van der Waals surface area (Å²) in [6, 6.07) is 5.66. The van der Waals surface area contributed by atoms with Gasteiger partial charge in [0.2, 0.25) is 0 Å². The van der Waals surface area contributed by atoms with Crippen LogP contribution >= 0.6 is 11.6 Å².